The maximum absolute atomic E-state index is 11.7. The predicted octanol–water partition coefficient (Wildman–Crippen LogP) is 2.27. The van der Waals surface area contributed by atoms with Crippen LogP contribution in [0.5, 0.6) is 5.75 Å². The van der Waals surface area contributed by atoms with Gasteiger partial charge in [0.2, 0.25) is 15.9 Å². The third-order valence-corrected chi connectivity index (χ3v) is 3.66. The van der Waals surface area contributed by atoms with Crippen LogP contribution < -0.4 is 14.8 Å². The number of para-hydroxylation sites is 1. The van der Waals surface area contributed by atoms with Crippen molar-refractivity contribution in [3.05, 3.63) is 66.2 Å². The molecule has 0 saturated heterocycles. The van der Waals surface area contributed by atoms with E-state index in [1.165, 1.54) is 6.08 Å². The Morgan fingerprint density at radius 3 is 2.40 bits per heavy atom. The Morgan fingerprint density at radius 2 is 1.76 bits per heavy atom. The van der Waals surface area contributed by atoms with Crippen LogP contribution in [-0.4, -0.2) is 33.7 Å². The van der Waals surface area contributed by atoms with E-state index in [0.29, 0.717) is 18.8 Å². The van der Waals surface area contributed by atoms with Crippen LogP contribution in [0.3, 0.4) is 0 Å². The molecular formula is C18H20N2O4S. The highest BCUT2D eigenvalue weighted by molar-refractivity contribution is 7.92. The molecule has 2 aromatic carbocycles. The Kier molecular flexibility index (Phi) is 6.59. The van der Waals surface area contributed by atoms with Gasteiger partial charge in [-0.3, -0.25) is 9.52 Å². The molecule has 1 amide bonds. The van der Waals surface area contributed by atoms with E-state index >= 15 is 0 Å². The van der Waals surface area contributed by atoms with E-state index in [9.17, 15) is 13.2 Å². The lowest BCUT2D eigenvalue weighted by Crippen LogP contribution is -2.26. The molecule has 0 bridgehead atoms. The quantitative estimate of drug-likeness (QED) is 0.559. The van der Waals surface area contributed by atoms with Crippen molar-refractivity contribution >= 4 is 27.7 Å². The Morgan fingerprint density at radius 1 is 1.08 bits per heavy atom. The predicted molar refractivity (Wildman–Crippen MR) is 98.9 cm³/mol. The molecule has 0 fully saturated rings. The van der Waals surface area contributed by atoms with Crippen molar-refractivity contribution in [1.29, 1.82) is 0 Å². The summed E-state index contributed by atoms with van der Waals surface area (Å²) in [5.41, 5.74) is 1.26. The van der Waals surface area contributed by atoms with Crippen LogP contribution >= 0.6 is 0 Å². The molecular weight excluding hydrogens is 340 g/mol. The van der Waals surface area contributed by atoms with Gasteiger partial charge in [0, 0.05) is 11.8 Å². The first-order valence-corrected chi connectivity index (χ1v) is 9.53. The number of carbonyl (C=O) groups excluding carboxylic acids is 1. The Balaban J connectivity index is 1.74. The number of benzene rings is 2. The van der Waals surface area contributed by atoms with Crippen LogP contribution in [0.15, 0.2) is 60.7 Å². The first-order valence-electron chi connectivity index (χ1n) is 7.64. The molecule has 6 nitrogen and oxygen atoms in total. The van der Waals surface area contributed by atoms with Gasteiger partial charge in [0.25, 0.3) is 0 Å². The molecule has 25 heavy (non-hydrogen) atoms. The van der Waals surface area contributed by atoms with E-state index < -0.39 is 10.0 Å². The van der Waals surface area contributed by atoms with Gasteiger partial charge in [0.15, 0.2) is 0 Å². The fourth-order valence-corrected chi connectivity index (χ4v) is 2.53. The number of hydrogen-bond donors (Lipinski definition) is 2. The molecule has 2 N–H and O–H groups in total. The number of hydrogen-bond acceptors (Lipinski definition) is 4. The highest BCUT2D eigenvalue weighted by Gasteiger charge is 2.01. The second-order valence-electron chi connectivity index (χ2n) is 5.28. The summed E-state index contributed by atoms with van der Waals surface area (Å²) in [4.78, 5) is 11.7. The molecule has 0 aliphatic rings. The third kappa shape index (κ3) is 7.54. The highest BCUT2D eigenvalue weighted by Crippen LogP contribution is 2.12. The van der Waals surface area contributed by atoms with Gasteiger partial charge in [-0.25, -0.2) is 8.42 Å². The molecule has 0 aliphatic heterocycles. The van der Waals surface area contributed by atoms with Crippen molar-refractivity contribution in [1.82, 2.24) is 5.32 Å². The number of amides is 1. The van der Waals surface area contributed by atoms with E-state index in [1.54, 1.807) is 30.3 Å². The number of anilines is 1. The molecule has 0 aliphatic carbocycles. The minimum atomic E-state index is -3.29. The number of carbonyl (C=O) groups is 1. The lowest BCUT2D eigenvalue weighted by atomic mass is 10.2. The minimum absolute atomic E-state index is 0.227. The summed E-state index contributed by atoms with van der Waals surface area (Å²) in [5, 5.41) is 2.72. The van der Waals surface area contributed by atoms with Gasteiger partial charge in [-0.05, 0) is 35.9 Å². The zero-order chi connectivity index (χ0) is 18.1. The topological polar surface area (TPSA) is 84.5 Å². The number of nitrogens with one attached hydrogen (secondary N) is 2. The van der Waals surface area contributed by atoms with Crippen molar-refractivity contribution in [3.8, 4) is 5.75 Å². The lowest BCUT2D eigenvalue weighted by molar-refractivity contribution is -0.116. The average molecular weight is 360 g/mol. The average Bonchev–Trinajstić information content (AvgIpc) is 2.58. The Labute approximate surface area is 147 Å². The molecule has 0 radical (unpaired) electrons. The Hall–Kier alpha value is -2.80. The fraction of sp³-hybridized carbons (Fsp3) is 0.167. The maximum atomic E-state index is 11.7. The number of rotatable bonds is 8. The summed E-state index contributed by atoms with van der Waals surface area (Å²) in [7, 11) is -3.29. The zero-order valence-electron chi connectivity index (χ0n) is 13.8. The third-order valence-electron chi connectivity index (χ3n) is 3.05. The van der Waals surface area contributed by atoms with Gasteiger partial charge in [0.1, 0.15) is 12.4 Å². The number of sulfonamides is 1. The van der Waals surface area contributed by atoms with Crippen LogP contribution in [-0.2, 0) is 14.8 Å². The van der Waals surface area contributed by atoms with Gasteiger partial charge < -0.3 is 10.1 Å². The SMILES string of the molecule is CS(=O)(=O)Nc1ccc(/C=C/C(=O)NCCOc2ccccc2)cc1. The van der Waals surface area contributed by atoms with Crippen molar-refractivity contribution in [2.24, 2.45) is 0 Å². The standard InChI is InChI=1S/C18H20N2O4S/c1-25(22,23)20-16-10-7-15(8-11-16)9-12-18(21)19-13-14-24-17-5-3-2-4-6-17/h2-12,20H,13-14H2,1H3,(H,19,21)/b12-9+. The molecule has 0 saturated carbocycles. The van der Waals surface area contributed by atoms with Crippen LogP contribution in [0.25, 0.3) is 6.08 Å². The van der Waals surface area contributed by atoms with E-state index in [4.69, 9.17) is 4.74 Å². The summed E-state index contributed by atoms with van der Waals surface area (Å²) in [5.74, 6) is 0.532. The molecule has 2 rings (SSSR count). The molecule has 0 unspecified atom stereocenters. The van der Waals surface area contributed by atoms with Crippen LogP contribution in [0.4, 0.5) is 5.69 Å². The van der Waals surface area contributed by atoms with Crippen molar-refractivity contribution in [3.63, 3.8) is 0 Å². The first-order chi connectivity index (χ1) is 11.9. The summed E-state index contributed by atoms with van der Waals surface area (Å²) >= 11 is 0. The second-order valence-corrected chi connectivity index (χ2v) is 7.03. The van der Waals surface area contributed by atoms with Gasteiger partial charge in [-0.15, -0.1) is 0 Å². The normalized spacial score (nSPS) is 11.2. The highest BCUT2D eigenvalue weighted by atomic mass is 32.2. The van der Waals surface area contributed by atoms with Gasteiger partial charge in [-0.2, -0.15) is 0 Å². The summed E-state index contributed by atoms with van der Waals surface area (Å²) in [6.07, 6.45) is 4.16. The summed E-state index contributed by atoms with van der Waals surface area (Å²) in [6.45, 7) is 0.782. The second kappa shape index (κ2) is 8.89. The minimum Gasteiger partial charge on any atom is -0.492 e. The molecule has 0 heterocycles. The Bertz CT molecular complexity index is 816. The molecule has 0 atom stereocenters. The van der Waals surface area contributed by atoms with Crippen molar-refractivity contribution < 1.29 is 17.9 Å². The van der Waals surface area contributed by atoms with E-state index in [1.807, 2.05) is 30.3 Å². The van der Waals surface area contributed by atoms with Crippen molar-refractivity contribution in [2.75, 3.05) is 24.1 Å². The summed E-state index contributed by atoms with van der Waals surface area (Å²) in [6, 6.07) is 16.1. The van der Waals surface area contributed by atoms with Gasteiger partial charge >= 0.3 is 0 Å². The van der Waals surface area contributed by atoms with Crippen LogP contribution in [0.2, 0.25) is 0 Å². The van der Waals surface area contributed by atoms with E-state index in [0.717, 1.165) is 17.6 Å². The fourth-order valence-electron chi connectivity index (χ4n) is 1.97. The molecule has 0 aromatic heterocycles. The largest absolute Gasteiger partial charge is 0.492 e. The monoisotopic (exact) mass is 360 g/mol. The van der Waals surface area contributed by atoms with Crippen LogP contribution in [0, 0.1) is 0 Å². The number of ether oxygens (including phenoxy) is 1. The van der Waals surface area contributed by atoms with Crippen molar-refractivity contribution in [2.45, 2.75) is 0 Å². The smallest absolute Gasteiger partial charge is 0.244 e. The van der Waals surface area contributed by atoms with Crippen LogP contribution in [0.1, 0.15) is 5.56 Å². The van der Waals surface area contributed by atoms with Gasteiger partial charge in [-0.1, -0.05) is 30.3 Å². The molecule has 7 heteroatoms. The van der Waals surface area contributed by atoms with E-state index in [2.05, 4.69) is 10.0 Å². The molecule has 132 valence electrons. The first kappa shape index (κ1) is 18.5. The van der Waals surface area contributed by atoms with E-state index in [-0.39, 0.29) is 5.91 Å². The molecule has 2 aromatic rings. The maximum Gasteiger partial charge on any atom is 0.244 e. The lowest BCUT2D eigenvalue weighted by Gasteiger charge is -2.06. The molecule has 0 spiro atoms. The van der Waals surface area contributed by atoms with Gasteiger partial charge in [0.05, 0.1) is 12.8 Å². The summed E-state index contributed by atoms with van der Waals surface area (Å²) < 4.78 is 30.1. The zero-order valence-corrected chi connectivity index (χ0v) is 14.6.